The first-order valence-corrected chi connectivity index (χ1v) is 8.51. The highest BCUT2D eigenvalue weighted by Gasteiger charge is 2.53. The monoisotopic (exact) mass is 322 g/mol. The second-order valence-electron chi connectivity index (χ2n) is 6.88. The maximum atomic E-state index is 11.5. The van der Waals surface area contributed by atoms with Crippen LogP contribution in [0.1, 0.15) is 36.3 Å². The highest BCUT2D eigenvalue weighted by molar-refractivity contribution is 5.87. The Labute approximate surface area is 142 Å². The van der Waals surface area contributed by atoms with Crippen LogP contribution in [-0.4, -0.2) is 17.5 Å². The second kappa shape index (κ2) is 5.95. The molecule has 2 atom stereocenters. The van der Waals surface area contributed by atoms with Gasteiger partial charge in [-0.2, -0.15) is 0 Å². The molecule has 4 nitrogen and oxygen atoms in total. The number of carbonyl (C=O) groups is 1. The van der Waals surface area contributed by atoms with Crippen LogP contribution < -0.4 is 15.8 Å². The molecule has 24 heavy (non-hydrogen) atoms. The second-order valence-corrected chi connectivity index (χ2v) is 6.88. The number of ether oxygens (including phenoxy) is 1. The van der Waals surface area contributed by atoms with Crippen molar-refractivity contribution in [1.82, 2.24) is 5.32 Å². The summed E-state index contributed by atoms with van der Waals surface area (Å²) in [6, 6.07) is 18.8. The molecule has 4 heteroatoms. The van der Waals surface area contributed by atoms with Crippen molar-refractivity contribution in [2.75, 3.05) is 0 Å². The Kier molecular flexibility index (Phi) is 3.77. The minimum absolute atomic E-state index is 0.210. The molecule has 2 aliphatic carbocycles. The molecule has 124 valence electrons. The summed E-state index contributed by atoms with van der Waals surface area (Å²) in [5.41, 5.74) is 7.51. The average Bonchev–Trinajstić information content (AvgIpc) is 3.52. The Morgan fingerprint density at radius 1 is 1.12 bits per heavy atom. The van der Waals surface area contributed by atoms with E-state index in [-0.39, 0.29) is 5.91 Å². The van der Waals surface area contributed by atoms with E-state index >= 15 is 0 Å². The molecular weight excluding hydrogens is 300 g/mol. The summed E-state index contributed by atoms with van der Waals surface area (Å²) in [5.74, 6) is 1.14. The first-order valence-electron chi connectivity index (χ1n) is 8.51. The first kappa shape index (κ1) is 15.2. The van der Waals surface area contributed by atoms with Gasteiger partial charge in [0.15, 0.2) is 0 Å². The van der Waals surface area contributed by atoms with Crippen molar-refractivity contribution in [3.63, 3.8) is 0 Å². The van der Waals surface area contributed by atoms with E-state index in [1.807, 2.05) is 30.3 Å². The molecule has 0 aliphatic heterocycles. The largest absolute Gasteiger partial charge is 0.489 e. The highest BCUT2D eigenvalue weighted by Crippen LogP contribution is 2.46. The van der Waals surface area contributed by atoms with Gasteiger partial charge in [-0.1, -0.05) is 42.5 Å². The van der Waals surface area contributed by atoms with E-state index in [1.54, 1.807) is 0 Å². The molecule has 0 heterocycles. The molecule has 2 saturated carbocycles. The van der Waals surface area contributed by atoms with Gasteiger partial charge in [0.1, 0.15) is 12.4 Å². The Morgan fingerprint density at radius 3 is 2.46 bits per heavy atom. The predicted molar refractivity (Wildman–Crippen MR) is 92.7 cm³/mol. The molecule has 4 rings (SSSR count). The lowest BCUT2D eigenvalue weighted by Crippen LogP contribution is -2.45. The zero-order chi connectivity index (χ0) is 16.6. The first-order chi connectivity index (χ1) is 11.7. The van der Waals surface area contributed by atoms with E-state index < -0.39 is 5.54 Å². The van der Waals surface area contributed by atoms with E-state index in [4.69, 9.17) is 10.5 Å². The molecule has 2 fully saturated rings. The number of hydrogen-bond donors (Lipinski definition) is 2. The van der Waals surface area contributed by atoms with E-state index in [2.05, 4.69) is 29.6 Å². The van der Waals surface area contributed by atoms with Gasteiger partial charge in [0.2, 0.25) is 5.91 Å². The average molecular weight is 322 g/mol. The molecule has 2 aromatic carbocycles. The number of nitrogens with two attached hydrogens (primary N) is 1. The molecule has 0 bridgehead atoms. The van der Waals surface area contributed by atoms with Gasteiger partial charge >= 0.3 is 0 Å². The van der Waals surface area contributed by atoms with E-state index in [0.29, 0.717) is 18.6 Å². The van der Waals surface area contributed by atoms with Crippen molar-refractivity contribution in [1.29, 1.82) is 0 Å². The van der Waals surface area contributed by atoms with Crippen LogP contribution in [0.4, 0.5) is 0 Å². The van der Waals surface area contributed by atoms with Crippen molar-refractivity contribution in [2.45, 2.75) is 43.4 Å². The molecular formula is C20H22N2O2. The fraction of sp³-hybridized carbons (Fsp3) is 0.350. The molecule has 3 N–H and O–H groups in total. The lowest BCUT2D eigenvalue weighted by Gasteiger charge is -2.13. The quantitative estimate of drug-likeness (QED) is 0.824. The third kappa shape index (κ3) is 3.15. The van der Waals surface area contributed by atoms with E-state index in [9.17, 15) is 4.79 Å². The third-order valence-electron chi connectivity index (χ3n) is 5.03. The van der Waals surface area contributed by atoms with E-state index in [1.165, 1.54) is 5.56 Å². The molecule has 0 radical (unpaired) electrons. The molecule has 0 unspecified atom stereocenters. The number of hydrogen-bond acceptors (Lipinski definition) is 3. The van der Waals surface area contributed by atoms with Crippen LogP contribution in [0.3, 0.4) is 0 Å². The SMILES string of the molecule is NC(=O)C1(N[C@@H]2C[C@H]2c2ccc(OCc3ccccc3)cc2)CC1. The molecule has 0 spiro atoms. The van der Waals surface area contributed by atoms with Crippen LogP contribution in [0.15, 0.2) is 54.6 Å². The van der Waals surface area contributed by atoms with Crippen LogP contribution in [0.2, 0.25) is 0 Å². The van der Waals surface area contributed by atoms with Gasteiger partial charge in [0.25, 0.3) is 0 Å². The number of primary amides is 1. The Bertz CT molecular complexity index is 723. The zero-order valence-corrected chi connectivity index (χ0v) is 13.6. The minimum atomic E-state index is -0.418. The van der Waals surface area contributed by atoms with Crippen LogP contribution in [0.5, 0.6) is 5.75 Å². The van der Waals surface area contributed by atoms with Gasteiger partial charge in [-0.3, -0.25) is 10.1 Å². The van der Waals surface area contributed by atoms with Crippen LogP contribution in [0, 0.1) is 0 Å². The summed E-state index contributed by atoms with van der Waals surface area (Å²) < 4.78 is 5.82. The van der Waals surface area contributed by atoms with Crippen molar-refractivity contribution < 1.29 is 9.53 Å². The maximum absolute atomic E-state index is 11.5. The summed E-state index contributed by atoms with van der Waals surface area (Å²) in [6.45, 7) is 0.578. The summed E-state index contributed by atoms with van der Waals surface area (Å²) in [5, 5.41) is 3.44. The van der Waals surface area contributed by atoms with E-state index in [0.717, 1.165) is 30.6 Å². The molecule has 0 aromatic heterocycles. The minimum Gasteiger partial charge on any atom is -0.489 e. The number of nitrogens with one attached hydrogen (secondary N) is 1. The fourth-order valence-electron chi connectivity index (χ4n) is 3.22. The van der Waals surface area contributed by atoms with Crippen molar-refractivity contribution in [3.05, 3.63) is 65.7 Å². The number of rotatable bonds is 7. The van der Waals surface area contributed by atoms with Crippen molar-refractivity contribution >= 4 is 5.91 Å². The summed E-state index contributed by atoms with van der Waals surface area (Å²) >= 11 is 0. The Hall–Kier alpha value is -2.33. The van der Waals surface area contributed by atoms with Crippen molar-refractivity contribution in [3.8, 4) is 5.75 Å². The Balaban J connectivity index is 1.31. The van der Waals surface area contributed by atoms with Gasteiger partial charge < -0.3 is 10.5 Å². The topological polar surface area (TPSA) is 64.4 Å². The smallest absolute Gasteiger partial charge is 0.237 e. The maximum Gasteiger partial charge on any atom is 0.237 e. The summed E-state index contributed by atoms with van der Waals surface area (Å²) in [6.07, 6.45) is 2.81. The molecule has 0 saturated heterocycles. The van der Waals surface area contributed by atoms with Crippen LogP contribution >= 0.6 is 0 Å². The van der Waals surface area contributed by atoms with Gasteiger partial charge in [0, 0.05) is 12.0 Å². The fourth-order valence-corrected chi connectivity index (χ4v) is 3.22. The number of benzene rings is 2. The molecule has 2 aliphatic rings. The van der Waals surface area contributed by atoms with Gasteiger partial charge in [-0.25, -0.2) is 0 Å². The van der Waals surface area contributed by atoms with Gasteiger partial charge in [-0.15, -0.1) is 0 Å². The van der Waals surface area contributed by atoms with Gasteiger partial charge in [-0.05, 0) is 42.5 Å². The van der Waals surface area contributed by atoms with Crippen LogP contribution in [0.25, 0.3) is 0 Å². The highest BCUT2D eigenvalue weighted by atomic mass is 16.5. The van der Waals surface area contributed by atoms with Crippen molar-refractivity contribution in [2.24, 2.45) is 5.73 Å². The predicted octanol–water partition coefficient (Wildman–Crippen LogP) is 2.73. The summed E-state index contributed by atoms with van der Waals surface area (Å²) in [7, 11) is 0. The molecule has 2 aromatic rings. The molecule has 1 amide bonds. The normalized spacial score (nSPS) is 23.5. The summed E-state index contributed by atoms with van der Waals surface area (Å²) in [4.78, 5) is 11.5. The lowest BCUT2D eigenvalue weighted by atomic mass is 10.1. The lowest BCUT2D eigenvalue weighted by molar-refractivity contribution is -0.121. The standard InChI is InChI=1S/C20H22N2O2/c21-19(23)20(10-11-20)22-18-12-17(18)15-6-8-16(9-7-15)24-13-14-4-2-1-3-5-14/h1-9,17-18,22H,10-13H2,(H2,21,23)/t17-,18+/m0/s1. The van der Waals surface area contributed by atoms with Crippen LogP contribution in [-0.2, 0) is 11.4 Å². The number of amides is 1. The number of carbonyl (C=O) groups excluding carboxylic acids is 1. The zero-order valence-electron chi connectivity index (χ0n) is 13.6. The third-order valence-corrected chi connectivity index (χ3v) is 5.03. The van der Waals surface area contributed by atoms with Gasteiger partial charge in [0.05, 0.1) is 5.54 Å². The Morgan fingerprint density at radius 2 is 1.83 bits per heavy atom.